The normalized spacial score (nSPS) is 20.5. The van der Waals surface area contributed by atoms with Gasteiger partial charge in [-0.1, -0.05) is 24.0 Å². The van der Waals surface area contributed by atoms with E-state index < -0.39 is 0 Å². The van der Waals surface area contributed by atoms with E-state index in [4.69, 9.17) is 12.2 Å². The van der Waals surface area contributed by atoms with Gasteiger partial charge in [-0.3, -0.25) is 5.43 Å². The van der Waals surface area contributed by atoms with E-state index in [-0.39, 0.29) is 0 Å². The van der Waals surface area contributed by atoms with Crippen LogP contribution in [0, 0.1) is 0 Å². The van der Waals surface area contributed by atoms with Crippen molar-refractivity contribution in [3.05, 3.63) is 0 Å². The Balaban J connectivity index is 2.43. The number of hydrogen-bond donors (Lipinski definition) is 1. The molecule has 0 bridgehead atoms. The summed E-state index contributed by atoms with van der Waals surface area (Å²) >= 11 is 6.50. The highest BCUT2D eigenvalue weighted by Crippen LogP contribution is 2.09. The van der Waals surface area contributed by atoms with Crippen LogP contribution >= 0.6 is 24.0 Å². The van der Waals surface area contributed by atoms with Gasteiger partial charge in [0.25, 0.3) is 0 Å². The zero-order valence-corrected chi connectivity index (χ0v) is 9.67. The van der Waals surface area contributed by atoms with Crippen molar-refractivity contribution in [3.63, 3.8) is 0 Å². The van der Waals surface area contributed by atoms with E-state index in [0.29, 0.717) is 0 Å². The van der Waals surface area contributed by atoms with Crippen molar-refractivity contribution < 1.29 is 0 Å². The summed E-state index contributed by atoms with van der Waals surface area (Å²) in [6, 6.07) is 0. The number of likely N-dealkylation sites (tertiary alicyclic amines) is 1. The molecule has 1 N–H and O–H groups in total. The van der Waals surface area contributed by atoms with Crippen LogP contribution in [0.3, 0.4) is 0 Å². The van der Waals surface area contributed by atoms with Crippen molar-refractivity contribution in [2.75, 3.05) is 19.8 Å². The summed E-state index contributed by atoms with van der Waals surface area (Å²) in [4.78, 5) is 2.18. The Hall–Kier alpha value is -0.290. The molecule has 0 radical (unpaired) electrons. The summed E-state index contributed by atoms with van der Waals surface area (Å²) in [6.07, 6.45) is 5.50. The molecule has 0 atom stereocenters. The van der Waals surface area contributed by atoms with Gasteiger partial charge in [-0.25, -0.2) is 0 Å². The summed E-state index contributed by atoms with van der Waals surface area (Å²) in [6.45, 7) is 1.10. The summed E-state index contributed by atoms with van der Waals surface area (Å²) in [7, 11) is 2.07. The van der Waals surface area contributed by atoms with Crippen LogP contribution in [0.5, 0.6) is 0 Å². The number of piperidine rings is 1. The first kappa shape index (κ1) is 10.8. The number of hydrazone groups is 1. The maximum atomic E-state index is 4.99. The number of amidine groups is 1. The molecule has 1 aliphatic rings. The first-order valence-electron chi connectivity index (χ1n) is 4.35. The van der Waals surface area contributed by atoms with Crippen LogP contribution in [-0.2, 0) is 0 Å². The smallest absolute Gasteiger partial charge is 0.153 e. The van der Waals surface area contributed by atoms with Gasteiger partial charge in [0, 0.05) is 20.0 Å². The standard InChI is InChI=1S/C8H15N3S2/c1-11-6-4-3-5-7(11)9-10-8(12)13-2/h3-6H2,1-2H3,(H,10,12)/b9-7-. The SMILES string of the molecule is CSC(=S)N/N=C1/CCCCN1C. The van der Waals surface area contributed by atoms with Crippen LogP contribution in [0.15, 0.2) is 5.10 Å². The number of thiocarbonyl (C=S) groups is 1. The molecule has 1 rings (SSSR count). The van der Waals surface area contributed by atoms with Crippen LogP contribution in [-0.4, -0.2) is 34.9 Å². The number of thioether (sulfide) groups is 1. The number of nitrogens with zero attached hydrogens (tertiary/aromatic N) is 2. The second kappa shape index (κ2) is 5.44. The largest absolute Gasteiger partial charge is 0.362 e. The molecule has 0 unspecified atom stereocenters. The van der Waals surface area contributed by atoms with E-state index in [9.17, 15) is 0 Å². The van der Waals surface area contributed by atoms with E-state index in [2.05, 4.69) is 22.5 Å². The molecule has 1 heterocycles. The average Bonchev–Trinajstić information content (AvgIpc) is 2.16. The highest BCUT2D eigenvalue weighted by Gasteiger charge is 2.11. The van der Waals surface area contributed by atoms with Crippen molar-refractivity contribution in [3.8, 4) is 0 Å². The molecule has 0 spiro atoms. The van der Waals surface area contributed by atoms with Gasteiger partial charge >= 0.3 is 0 Å². The van der Waals surface area contributed by atoms with Crippen molar-refractivity contribution in [2.45, 2.75) is 19.3 Å². The molecule has 1 fully saturated rings. The number of hydrogen-bond acceptors (Lipinski definition) is 3. The van der Waals surface area contributed by atoms with Gasteiger partial charge in [0.1, 0.15) is 5.84 Å². The molecule has 5 heteroatoms. The molecule has 0 aromatic carbocycles. The van der Waals surface area contributed by atoms with Gasteiger partial charge in [-0.15, -0.1) is 0 Å². The van der Waals surface area contributed by atoms with E-state index in [1.165, 1.54) is 24.6 Å². The molecule has 0 aromatic heterocycles. The van der Waals surface area contributed by atoms with Gasteiger partial charge in [0.05, 0.1) is 0 Å². The van der Waals surface area contributed by atoms with Crippen molar-refractivity contribution in [1.82, 2.24) is 10.3 Å². The molecule has 0 aliphatic carbocycles. The second-order valence-electron chi connectivity index (χ2n) is 3.01. The Morgan fingerprint density at radius 1 is 1.62 bits per heavy atom. The molecular formula is C8H15N3S2. The Labute approximate surface area is 88.9 Å². The monoisotopic (exact) mass is 217 g/mol. The fraction of sp³-hybridized carbons (Fsp3) is 0.750. The van der Waals surface area contributed by atoms with Gasteiger partial charge in [-0.2, -0.15) is 5.10 Å². The third-order valence-electron chi connectivity index (χ3n) is 2.05. The summed E-state index contributed by atoms with van der Waals surface area (Å²) < 4.78 is 0.728. The lowest BCUT2D eigenvalue weighted by Gasteiger charge is -2.25. The second-order valence-corrected chi connectivity index (χ2v) is 4.49. The summed E-state index contributed by atoms with van der Waals surface area (Å²) in [5.41, 5.74) is 2.87. The molecule has 1 saturated heterocycles. The Kier molecular flexibility index (Phi) is 4.52. The minimum atomic E-state index is 0.728. The Bertz CT molecular complexity index is 215. The molecule has 74 valence electrons. The van der Waals surface area contributed by atoms with Crippen molar-refractivity contribution >= 4 is 34.1 Å². The van der Waals surface area contributed by atoms with Crippen molar-refractivity contribution in [2.24, 2.45) is 5.10 Å². The van der Waals surface area contributed by atoms with Gasteiger partial charge in [0.2, 0.25) is 0 Å². The topological polar surface area (TPSA) is 27.6 Å². The Morgan fingerprint density at radius 3 is 3.00 bits per heavy atom. The highest BCUT2D eigenvalue weighted by molar-refractivity contribution is 8.22. The van der Waals surface area contributed by atoms with Gasteiger partial charge in [-0.05, 0) is 19.1 Å². The van der Waals surface area contributed by atoms with Crippen LogP contribution in [0.1, 0.15) is 19.3 Å². The zero-order chi connectivity index (χ0) is 9.68. The summed E-state index contributed by atoms with van der Waals surface area (Å²) in [5.74, 6) is 1.11. The molecule has 3 nitrogen and oxygen atoms in total. The Morgan fingerprint density at radius 2 is 2.38 bits per heavy atom. The third-order valence-corrected chi connectivity index (χ3v) is 3.10. The van der Waals surface area contributed by atoms with Crippen molar-refractivity contribution in [1.29, 1.82) is 0 Å². The fourth-order valence-electron chi connectivity index (χ4n) is 1.25. The zero-order valence-electron chi connectivity index (χ0n) is 8.04. The minimum absolute atomic E-state index is 0.728. The molecule has 0 aromatic rings. The molecule has 1 aliphatic heterocycles. The predicted octanol–water partition coefficient (Wildman–Crippen LogP) is 1.65. The maximum Gasteiger partial charge on any atom is 0.153 e. The van der Waals surface area contributed by atoms with Crippen LogP contribution in [0.2, 0.25) is 0 Å². The molecular weight excluding hydrogens is 202 g/mol. The predicted molar refractivity (Wildman–Crippen MR) is 63.2 cm³/mol. The lowest BCUT2D eigenvalue weighted by atomic mass is 10.1. The lowest BCUT2D eigenvalue weighted by Crippen LogP contribution is -2.33. The van der Waals surface area contributed by atoms with Crippen LogP contribution in [0.4, 0.5) is 0 Å². The molecule has 0 amide bonds. The van der Waals surface area contributed by atoms with Gasteiger partial charge < -0.3 is 4.90 Å². The molecule has 13 heavy (non-hydrogen) atoms. The summed E-state index contributed by atoms with van der Waals surface area (Å²) in [5, 5.41) is 4.27. The van der Waals surface area contributed by atoms with Gasteiger partial charge in [0.15, 0.2) is 4.32 Å². The van der Waals surface area contributed by atoms with E-state index >= 15 is 0 Å². The lowest BCUT2D eigenvalue weighted by molar-refractivity contribution is 0.431. The number of nitrogens with one attached hydrogen (secondary N) is 1. The van der Waals surface area contributed by atoms with E-state index in [1.54, 1.807) is 0 Å². The van der Waals surface area contributed by atoms with Crippen LogP contribution < -0.4 is 5.43 Å². The average molecular weight is 217 g/mol. The fourth-order valence-corrected chi connectivity index (χ4v) is 1.43. The minimum Gasteiger partial charge on any atom is -0.362 e. The quantitative estimate of drug-likeness (QED) is 0.534. The number of rotatable bonds is 1. The highest BCUT2D eigenvalue weighted by atomic mass is 32.2. The first-order chi connectivity index (χ1) is 6.24. The molecule has 0 saturated carbocycles. The maximum absolute atomic E-state index is 4.99. The van der Waals surface area contributed by atoms with E-state index in [1.807, 2.05) is 6.26 Å². The van der Waals surface area contributed by atoms with Crippen LogP contribution in [0.25, 0.3) is 0 Å². The van der Waals surface area contributed by atoms with E-state index in [0.717, 1.165) is 23.1 Å². The first-order valence-corrected chi connectivity index (χ1v) is 5.99. The third kappa shape index (κ3) is 3.52.